The molecule has 0 saturated heterocycles. The van der Waals surface area contributed by atoms with Gasteiger partial charge in [-0.1, -0.05) is 133 Å². The maximum absolute atomic E-state index is 4.80. The zero-order valence-electron chi connectivity index (χ0n) is 28.1. The second-order valence-electron chi connectivity index (χ2n) is 13.5. The summed E-state index contributed by atoms with van der Waals surface area (Å²) >= 11 is 0. The lowest BCUT2D eigenvalue weighted by Crippen LogP contribution is -2.17. The molecule has 0 radical (unpaired) electrons. The Hall–Kier alpha value is -6.51. The Balaban J connectivity index is 1.08. The Morgan fingerprint density at radius 3 is 1.84 bits per heavy atom. The van der Waals surface area contributed by atoms with Gasteiger partial charge in [-0.3, -0.25) is 4.98 Å². The molecule has 9 aromatic rings. The van der Waals surface area contributed by atoms with Crippen LogP contribution in [0.2, 0.25) is 0 Å². The molecule has 1 aliphatic rings. The van der Waals surface area contributed by atoms with E-state index in [0.29, 0.717) is 0 Å². The molecule has 1 aliphatic carbocycles. The van der Waals surface area contributed by atoms with Crippen LogP contribution in [-0.4, -0.2) is 4.98 Å². The van der Waals surface area contributed by atoms with Crippen LogP contribution in [0, 0.1) is 0 Å². The van der Waals surface area contributed by atoms with Crippen LogP contribution in [-0.2, 0) is 0 Å². The molecule has 51 heavy (non-hydrogen) atoms. The maximum atomic E-state index is 4.80. The summed E-state index contributed by atoms with van der Waals surface area (Å²) in [7, 11) is 0. The van der Waals surface area contributed by atoms with E-state index < -0.39 is 0 Å². The highest BCUT2D eigenvalue weighted by molar-refractivity contribution is 6.28. The van der Waals surface area contributed by atoms with Gasteiger partial charge >= 0.3 is 0 Å². The lowest BCUT2D eigenvalue weighted by atomic mass is 9.84. The van der Waals surface area contributed by atoms with Crippen molar-refractivity contribution in [2.45, 2.75) is 12.3 Å². The third kappa shape index (κ3) is 5.07. The lowest BCUT2D eigenvalue weighted by molar-refractivity contribution is 0.848. The van der Waals surface area contributed by atoms with Crippen LogP contribution in [0.1, 0.15) is 17.9 Å². The number of rotatable bonds is 6. The van der Waals surface area contributed by atoms with Crippen LogP contribution < -0.4 is 4.90 Å². The van der Waals surface area contributed by atoms with Gasteiger partial charge in [-0.2, -0.15) is 0 Å². The predicted molar refractivity (Wildman–Crippen MR) is 216 cm³/mol. The van der Waals surface area contributed by atoms with Gasteiger partial charge in [-0.05, 0) is 110 Å². The third-order valence-corrected chi connectivity index (χ3v) is 10.5. The molecule has 0 N–H and O–H groups in total. The maximum Gasteiger partial charge on any atom is 0.0780 e. The topological polar surface area (TPSA) is 16.1 Å². The second kappa shape index (κ2) is 12.1. The van der Waals surface area contributed by atoms with Gasteiger partial charge in [0.05, 0.1) is 5.52 Å². The van der Waals surface area contributed by atoms with E-state index in [1.165, 1.54) is 71.2 Å². The van der Waals surface area contributed by atoms with Crippen molar-refractivity contribution in [1.82, 2.24) is 4.98 Å². The molecule has 0 fully saturated rings. The smallest absolute Gasteiger partial charge is 0.0780 e. The first-order valence-electron chi connectivity index (χ1n) is 17.7. The van der Waals surface area contributed by atoms with E-state index in [2.05, 4.69) is 181 Å². The van der Waals surface area contributed by atoms with Crippen LogP contribution in [0.5, 0.6) is 0 Å². The van der Waals surface area contributed by atoms with Crippen molar-refractivity contribution in [2.75, 3.05) is 4.90 Å². The largest absolute Gasteiger partial charge is 0.311 e. The van der Waals surface area contributed by atoms with Gasteiger partial charge in [-0.15, -0.1) is 0 Å². The first kappa shape index (κ1) is 29.4. The van der Waals surface area contributed by atoms with E-state index in [1.54, 1.807) is 0 Å². The number of anilines is 2. The monoisotopic (exact) mass is 650 g/mol. The standard InChI is InChI=1S/C49H34N2/c1-4-11-33(12-5-1)39-30-40(34-13-6-2-7-14-34)32-43(31-39)51(41-16-8-3-9-17-41)42-23-20-35(21-24-42)44-25-22-36-18-19-37-29-38-15-10-28-50-49(38)46-27-26-45(44)47(36)48(37)46/h1-20,22-32,35H,21H2. The molecule has 10 rings (SSSR count). The van der Waals surface area contributed by atoms with Crippen LogP contribution in [0.4, 0.5) is 11.4 Å². The molecule has 1 atom stereocenters. The van der Waals surface area contributed by atoms with Gasteiger partial charge in [0.15, 0.2) is 0 Å². The number of aromatic nitrogens is 1. The summed E-state index contributed by atoms with van der Waals surface area (Å²) in [4.78, 5) is 7.21. The van der Waals surface area contributed by atoms with Crippen molar-refractivity contribution in [3.05, 3.63) is 199 Å². The highest BCUT2D eigenvalue weighted by Crippen LogP contribution is 2.43. The predicted octanol–water partition coefficient (Wildman–Crippen LogP) is 13.2. The minimum atomic E-state index is 0.265. The third-order valence-electron chi connectivity index (χ3n) is 10.5. The van der Waals surface area contributed by atoms with E-state index in [-0.39, 0.29) is 5.92 Å². The number of pyridine rings is 1. The molecule has 1 aromatic heterocycles. The van der Waals surface area contributed by atoms with Gasteiger partial charge < -0.3 is 4.90 Å². The van der Waals surface area contributed by atoms with E-state index in [9.17, 15) is 0 Å². The van der Waals surface area contributed by atoms with Crippen molar-refractivity contribution in [1.29, 1.82) is 0 Å². The Bertz CT molecular complexity index is 2710. The molecule has 0 amide bonds. The molecular weight excluding hydrogens is 617 g/mol. The minimum absolute atomic E-state index is 0.265. The fourth-order valence-corrected chi connectivity index (χ4v) is 8.13. The van der Waals surface area contributed by atoms with Crippen LogP contribution in [0.15, 0.2) is 194 Å². The summed E-state index contributed by atoms with van der Waals surface area (Å²) in [6, 6.07) is 59.4. The molecule has 1 heterocycles. The highest BCUT2D eigenvalue weighted by Gasteiger charge is 2.22. The normalized spacial score (nSPS) is 14.4. The second-order valence-corrected chi connectivity index (χ2v) is 13.5. The first-order valence-corrected chi connectivity index (χ1v) is 17.7. The molecule has 240 valence electrons. The van der Waals surface area contributed by atoms with Gasteiger partial charge in [0.2, 0.25) is 0 Å². The molecular formula is C49H34N2. The van der Waals surface area contributed by atoms with Crippen molar-refractivity contribution < 1.29 is 0 Å². The Morgan fingerprint density at radius 2 is 1.14 bits per heavy atom. The minimum Gasteiger partial charge on any atom is -0.311 e. The average Bonchev–Trinajstić information content (AvgIpc) is 3.21. The van der Waals surface area contributed by atoms with Crippen LogP contribution in [0.3, 0.4) is 0 Å². The van der Waals surface area contributed by atoms with Crippen LogP contribution >= 0.6 is 0 Å². The Labute approximate surface area is 297 Å². The van der Waals surface area contributed by atoms with E-state index in [4.69, 9.17) is 4.98 Å². The van der Waals surface area contributed by atoms with Crippen molar-refractivity contribution >= 4 is 54.6 Å². The summed E-state index contributed by atoms with van der Waals surface area (Å²) in [5.41, 5.74) is 10.7. The molecule has 0 bridgehead atoms. The van der Waals surface area contributed by atoms with E-state index >= 15 is 0 Å². The fourth-order valence-electron chi connectivity index (χ4n) is 8.13. The summed E-state index contributed by atoms with van der Waals surface area (Å²) in [5, 5.41) is 8.95. The number of nitrogens with zero attached hydrogens (tertiary/aromatic N) is 2. The lowest BCUT2D eigenvalue weighted by Gasteiger charge is -2.30. The summed E-state index contributed by atoms with van der Waals surface area (Å²) in [6.45, 7) is 0. The number of hydrogen-bond donors (Lipinski definition) is 0. The number of fused-ring (bicyclic) bond motifs is 2. The van der Waals surface area contributed by atoms with Gasteiger partial charge in [0, 0.05) is 40.0 Å². The molecule has 8 aromatic carbocycles. The van der Waals surface area contributed by atoms with Gasteiger partial charge in [0.25, 0.3) is 0 Å². The Morgan fingerprint density at radius 1 is 0.490 bits per heavy atom. The SMILES string of the molecule is C1=CC(c2ccc3ccc4cc5cccnc5c5ccc2c3c45)CC=C1N(c1ccccc1)c1cc(-c2ccccc2)cc(-c2ccccc2)c1. The van der Waals surface area contributed by atoms with E-state index in [1.807, 2.05) is 12.3 Å². The van der Waals surface area contributed by atoms with Crippen LogP contribution in [0.25, 0.3) is 65.5 Å². The molecule has 0 saturated carbocycles. The molecule has 0 aliphatic heterocycles. The summed E-state index contributed by atoms with van der Waals surface area (Å²) < 4.78 is 0. The fraction of sp³-hybridized carbons (Fsp3) is 0.0408. The highest BCUT2D eigenvalue weighted by atomic mass is 15.1. The zero-order valence-corrected chi connectivity index (χ0v) is 28.1. The summed E-state index contributed by atoms with van der Waals surface area (Å²) in [6.07, 6.45) is 9.97. The number of allylic oxidation sites excluding steroid dienone is 3. The molecule has 1 unspecified atom stereocenters. The first-order chi connectivity index (χ1) is 25.3. The van der Waals surface area contributed by atoms with Crippen molar-refractivity contribution in [3.8, 4) is 22.3 Å². The number of benzene rings is 8. The summed E-state index contributed by atoms with van der Waals surface area (Å²) in [5.74, 6) is 0.265. The molecule has 0 spiro atoms. The van der Waals surface area contributed by atoms with Crippen molar-refractivity contribution in [2.24, 2.45) is 0 Å². The Kier molecular flexibility index (Phi) is 6.99. The average molecular weight is 651 g/mol. The van der Waals surface area contributed by atoms with Gasteiger partial charge in [0.1, 0.15) is 0 Å². The van der Waals surface area contributed by atoms with E-state index in [0.717, 1.165) is 23.3 Å². The zero-order chi connectivity index (χ0) is 33.7. The number of para-hydroxylation sites is 1. The quantitative estimate of drug-likeness (QED) is 0.131. The van der Waals surface area contributed by atoms with Gasteiger partial charge in [-0.25, -0.2) is 0 Å². The molecule has 2 nitrogen and oxygen atoms in total. The van der Waals surface area contributed by atoms with Crippen molar-refractivity contribution in [3.63, 3.8) is 0 Å². The number of hydrogen-bond acceptors (Lipinski definition) is 2. The molecule has 2 heteroatoms.